The first-order valence-corrected chi connectivity index (χ1v) is 5.82. The van der Waals surface area contributed by atoms with Gasteiger partial charge in [-0.3, -0.25) is 10.1 Å². The largest absolute Gasteiger partial charge is 0.490 e. The summed E-state index contributed by atoms with van der Waals surface area (Å²) >= 11 is 0. The Hall–Kier alpha value is -1.73. The fraction of sp³-hybridized carbons (Fsp3) is 0.500. The third kappa shape index (κ3) is 4.46. The van der Waals surface area contributed by atoms with Crippen LogP contribution in [0.2, 0.25) is 0 Å². The summed E-state index contributed by atoms with van der Waals surface area (Å²) in [4.78, 5) is 12.4. The second-order valence-electron chi connectivity index (χ2n) is 4.35. The number of hydrogen-bond donors (Lipinski definition) is 1. The summed E-state index contributed by atoms with van der Waals surface area (Å²) in [6, 6.07) is 2.17. The van der Waals surface area contributed by atoms with Crippen LogP contribution in [0.3, 0.4) is 0 Å². The number of rotatable bonds is 7. The number of halogens is 1. The minimum atomic E-state index is -0.554. The molecule has 1 aromatic rings. The molecule has 0 amide bonds. The second-order valence-corrected chi connectivity index (χ2v) is 4.35. The van der Waals surface area contributed by atoms with Crippen LogP contribution in [0.1, 0.15) is 5.56 Å². The molecule has 6 nitrogen and oxygen atoms in total. The molecule has 0 aliphatic heterocycles. The molecule has 19 heavy (non-hydrogen) atoms. The van der Waals surface area contributed by atoms with Gasteiger partial charge in [0.1, 0.15) is 5.82 Å². The number of hydrogen-bond acceptors (Lipinski definition) is 5. The molecule has 0 aliphatic carbocycles. The van der Waals surface area contributed by atoms with Crippen LogP contribution in [0.25, 0.3) is 0 Å². The van der Waals surface area contributed by atoms with E-state index in [0.29, 0.717) is 6.54 Å². The van der Waals surface area contributed by atoms with Gasteiger partial charge in [0.25, 0.3) is 0 Å². The molecule has 0 saturated heterocycles. The Morgan fingerprint density at radius 1 is 1.47 bits per heavy atom. The molecule has 7 heteroatoms. The van der Waals surface area contributed by atoms with Crippen LogP contribution in [0.15, 0.2) is 12.1 Å². The van der Waals surface area contributed by atoms with Crippen LogP contribution in [0.4, 0.5) is 10.1 Å². The fourth-order valence-electron chi connectivity index (χ4n) is 1.65. The Kier molecular flexibility index (Phi) is 5.65. The van der Waals surface area contributed by atoms with Gasteiger partial charge in [-0.25, -0.2) is 4.39 Å². The molecule has 1 aromatic carbocycles. The van der Waals surface area contributed by atoms with Crippen LogP contribution in [0, 0.1) is 15.9 Å². The van der Waals surface area contributed by atoms with E-state index in [2.05, 4.69) is 5.32 Å². The number of nitro groups is 1. The smallest absolute Gasteiger partial charge is 0.315 e. The fourth-order valence-corrected chi connectivity index (χ4v) is 1.65. The van der Waals surface area contributed by atoms with Gasteiger partial charge in [-0.2, -0.15) is 0 Å². The third-order valence-electron chi connectivity index (χ3n) is 2.57. The molecule has 0 bridgehead atoms. The maximum atomic E-state index is 13.4. The van der Waals surface area contributed by atoms with E-state index in [-0.39, 0.29) is 23.5 Å². The molecule has 0 fully saturated rings. The Balaban J connectivity index is 2.86. The molecule has 0 heterocycles. The standard InChI is InChI=1S/C12H18FN3O3/c1-15(2)5-4-14-8-9-6-10(13)7-11(19-3)12(9)16(17)18/h6-7,14H,4-5,8H2,1-3H3. The van der Waals surface area contributed by atoms with Crippen LogP contribution in [-0.2, 0) is 6.54 Å². The normalized spacial score (nSPS) is 10.8. The highest BCUT2D eigenvalue weighted by Gasteiger charge is 2.22. The lowest BCUT2D eigenvalue weighted by Gasteiger charge is -2.11. The molecule has 0 atom stereocenters. The zero-order valence-electron chi connectivity index (χ0n) is 11.3. The van der Waals surface area contributed by atoms with Crippen LogP contribution < -0.4 is 10.1 Å². The number of methoxy groups -OCH3 is 1. The number of nitrogens with one attached hydrogen (secondary N) is 1. The van der Waals surface area contributed by atoms with Gasteiger partial charge in [0.05, 0.1) is 17.6 Å². The molecular formula is C12H18FN3O3. The quantitative estimate of drug-likeness (QED) is 0.461. The summed E-state index contributed by atoms with van der Waals surface area (Å²) in [6.45, 7) is 1.67. The molecule has 1 rings (SSSR count). The molecule has 0 aromatic heterocycles. The molecule has 0 radical (unpaired) electrons. The van der Waals surface area contributed by atoms with Crippen molar-refractivity contribution in [1.82, 2.24) is 10.2 Å². The first-order valence-electron chi connectivity index (χ1n) is 5.82. The average Bonchev–Trinajstić information content (AvgIpc) is 2.33. The SMILES string of the molecule is COc1cc(F)cc(CNCCN(C)C)c1[N+](=O)[O-]. The van der Waals surface area contributed by atoms with Crippen molar-refractivity contribution in [3.05, 3.63) is 33.6 Å². The van der Waals surface area contributed by atoms with E-state index in [1.165, 1.54) is 7.11 Å². The van der Waals surface area contributed by atoms with Gasteiger partial charge in [0, 0.05) is 25.7 Å². The van der Waals surface area contributed by atoms with Crippen molar-refractivity contribution in [2.24, 2.45) is 0 Å². The van der Waals surface area contributed by atoms with Gasteiger partial charge in [0.2, 0.25) is 0 Å². The lowest BCUT2D eigenvalue weighted by Crippen LogP contribution is -2.26. The van der Waals surface area contributed by atoms with Crippen molar-refractivity contribution in [3.8, 4) is 5.75 Å². The van der Waals surface area contributed by atoms with Crippen molar-refractivity contribution >= 4 is 5.69 Å². The van der Waals surface area contributed by atoms with E-state index in [0.717, 1.165) is 18.7 Å². The molecule has 0 aliphatic rings. The van der Waals surface area contributed by atoms with Crippen molar-refractivity contribution in [1.29, 1.82) is 0 Å². The van der Waals surface area contributed by atoms with Gasteiger partial charge in [-0.15, -0.1) is 0 Å². The van der Waals surface area contributed by atoms with Crippen molar-refractivity contribution in [2.75, 3.05) is 34.3 Å². The lowest BCUT2D eigenvalue weighted by atomic mass is 10.1. The van der Waals surface area contributed by atoms with Gasteiger partial charge in [0.15, 0.2) is 5.75 Å². The average molecular weight is 271 g/mol. The Labute approximate surface area is 111 Å². The van der Waals surface area contributed by atoms with Gasteiger partial charge in [-0.05, 0) is 20.2 Å². The third-order valence-corrected chi connectivity index (χ3v) is 2.57. The molecule has 0 saturated carbocycles. The Morgan fingerprint density at radius 2 is 2.16 bits per heavy atom. The van der Waals surface area contributed by atoms with E-state index < -0.39 is 10.7 Å². The molecule has 0 spiro atoms. The highest BCUT2D eigenvalue weighted by atomic mass is 19.1. The topological polar surface area (TPSA) is 67.6 Å². The summed E-state index contributed by atoms with van der Waals surface area (Å²) in [6.07, 6.45) is 0. The van der Waals surface area contributed by atoms with Crippen LogP contribution in [0.5, 0.6) is 5.75 Å². The van der Waals surface area contributed by atoms with Gasteiger partial charge < -0.3 is 15.0 Å². The number of ether oxygens (including phenoxy) is 1. The van der Waals surface area contributed by atoms with Gasteiger partial charge in [-0.1, -0.05) is 0 Å². The van der Waals surface area contributed by atoms with E-state index in [4.69, 9.17) is 4.74 Å². The van der Waals surface area contributed by atoms with Crippen molar-refractivity contribution in [2.45, 2.75) is 6.54 Å². The molecular weight excluding hydrogens is 253 g/mol. The molecule has 1 N–H and O–H groups in total. The number of nitrogens with zero attached hydrogens (tertiary/aromatic N) is 2. The maximum Gasteiger partial charge on any atom is 0.315 e. The van der Waals surface area contributed by atoms with E-state index in [1.54, 1.807) is 0 Å². The number of benzene rings is 1. The first kappa shape index (κ1) is 15.3. The first-order chi connectivity index (χ1) is 8.95. The van der Waals surface area contributed by atoms with Crippen molar-refractivity contribution in [3.63, 3.8) is 0 Å². The summed E-state index contributed by atoms with van der Waals surface area (Å²) in [5.41, 5.74) is 0.0851. The number of likely N-dealkylation sites (N-methyl/N-ethyl adjacent to an activating group) is 1. The zero-order chi connectivity index (χ0) is 14.4. The summed E-state index contributed by atoms with van der Waals surface area (Å²) < 4.78 is 18.2. The summed E-state index contributed by atoms with van der Waals surface area (Å²) in [7, 11) is 5.13. The highest BCUT2D eigenvalue weighted by Crippen LogP contribution is 2.31. The van der Waals surface area contributed by atoms with Crippen LogP contribution in [-0.4, -0.2) is 44.1 Å². The summed E-state index contributed by atoms with van der Waals surface area (Å²) in [5.74, 6) is -0.610. The van der Waals surface area contributed by atoms with Crippen LogP contribution >= 0.6 is 0 Å². The second kappa shape index (κ2) is 7.01. The zero-order valence-corrected chi connectivity index (χ0v) is 11.3. The van der Waals surface area contributed by atoms with E-state index in [9.17, 15) is 14.5 Å². The number of nitro benzene ring substituents is 1. The molecule has 106 valence electrons. The minimum Gasteiger partial charge on any atom is -0.490 e. The minimum absolute atomic E-state index is 0.0607. The van der Waals surface area contributed by atoms with E-state index in [1.807, 2.05) is 19.0 Å². The lowest BCUT2D eigenvalue weighted by molar-refractivity contribution is -0.386. The predicted octanol–water partition coefficient (Wildman–Crippen LogP) is 1.39. The monoisotopic (exact) mass is 271 g/mol. The van der Waals surface area contributed by atoms with E-state index >= 15 is 0 Å². The highest BCUT2D eigenvalue weighted by molar-refractivity contribution is 5.53. The van der Waals surface area contributed by atoms with Crippen molar-refractivity contribution < 1.29 is 14.1 Å². The Morgan fingerprint density at radius 3 is 2.68 bits per heavy atom. The van der Waals surface area contributed by atoms with Gasteiger partial charge >= 0.3 is 5.69 Å². The summed E-state index contributed by atoms with van der Waals surface area (Å²) in [5, 5.41) is 14.1. The molecule has 0 unspecified atom stereocenters. The maximum absolute atomic E-state index is 13.4. The predicted molar refractivity (Wildman–Crippen MR) is 69.9 cm³/mol. The Bertz CT molecular complexity index is 452.